The molecule has 7 heteroatoms. The molecule has 1 heterocycles. The number of hydrogen-bond donors (Lipinski definition) is 3. The SMILES string of the molecule is C[C@@H]1OC(c2ccc(OCCCO)cc2)=N[C@]1(C/C=C/c1ccccc1)C(=O)NNCCc1ccccc1. The maximum absolute atomic E-state index is 13.6. The first kappa shape index (κ1) is 27.1. The second-order valence-corrected chi connectivity index (χ2v) is 9.18. The third kappa shape index (κ3) is 7.09. The highest BCUT2D eigenvalue weighted by molar-refractivity contribution is 6.00. The highest BCUT2D eigenvalue weighted by Crippen LogP contribution is 2.33. The molecule has 198 valence electrons. The number of rotatable bonds is 13. The van der Waals surface area contributed by atoms with Gasteiger partial charge in [0, 0.05) is 31.6 Å². The zero-order valence-corrected chi connectivity index (χ0v) is 21.7. The van der Waals surface area contributed by atoms with E-state index in [9.17, 15) is 4.79 Å². The van der Waals surface area contributed by atoms with Crippen molar-refractivity contribution in [2.24, 2.45) is 4.99 Å². The Kier molecular flexibility index (Phi) is 9.67. The van der Waals surface area contributed by atoms with E-state index >= 15 is 0 Å². The van der Waals surface area contributed by atoms with Crippen LogP contribution in [0.5, 0.6) is 5.75 Å². The van der Waals surface area contributed by atoms with Crippen LogP contribution >= 0.6 is 0 Å². The molecule has 0 saturated carbocycles. The Morgan fingerprint density at radius 2 is 1.76 bits per heavy atom. The maximum Gasteiger partial charge on any atom is 0.266 e. The predicted octanol–water partition coefficient (Wildman–Crippen LogP) is 4.32. The zero-order valence-electron chi connectivity index (χ0n) is 21.7. The molecule has 7 nitrogen and oxygen atoms in total. The van der Waals surface area contributed by atoms with Gasteiger partial charge in [0.15, 0.2) is 5.54 Å². The largest absolute Gasteiger partial charge is 0.494 e. The van der Waals surface area contributed by atoms with Gasteiger partial charge in [-0.3, -0.25) is 10.2 Å². The summed E-state index contributed by atoms with van der Waals surface area (Å²) in [5.41, 5.74) is 7.83. The fourth-order valence-electron chi connectivity index (χ4n) is 4.23. The lowest BCUT2D eigenvalue weighted by atomic mass is 9.89. The van der Waals surface area contributed by atoms with Crippen LogP contribution in [0.3, 0.4) is 0 Å². The van der Waals surface area contributed by atoms with Crippen LogP contribution in [-0.4, -0.2) is 48.3 Å². The number of aliphatic hydroxyl groups is 1. The van der Waals surface area contributed by atoms with Gasteiger partial charge in [-0.2, -0.15) is 0 Å². The molecule has 0 fully saturated rings. The van der Waals surface area contributed by atoms with Gasteiger partial charge < -0.3 is 14.6 Å². The minimum absolute atomic E-state index is 0.0879. The number of benzene rings is 3. The first-order valence-electron chi connectivity index (χ1n) is 13.0. The van der Waals surface area contributed by atoms with Crippen molar-refractivity contribution in [2.45, 2.75) is 37.8 Å². The molecule has 1 aliphatic rings. The molecule has 0 radical (unpaired) electrons. The van der Waals surface area contributed by atoms with Crippen LogP contribution in [0.1, 0.15) is 36.5 Å². The second-order valence-electron chi connectivity index (χ2n) is 9.18. The Bertz CT molecular complexity index is 1210. The Morgan fingerprint density at radius 3 is 2.47 bits per heavy atom. The van der Waals surface area contributed by atoms with Crippen molar-refractivity contribution in [3.63, 3.8) is 0 Å². The van der Waals surface area contributed by atoms with E-state index in [4.69, 9.17) is 19.6 Å². The van der Waals surface area contributed by atoms with E-state index < -0.39 is 11.6 Å². The van der Waals surface area contributed by atoms with Crippen LogP contribution in [0, 0.1) is 0 Å². The van der Waals surface area contributed by atoms with Crippen LogP contribution in [0.25, 0.3) is 6.08 Å². The first-order valence-corrected chi connectivity index (χ1v) is 13.0. The Morgan fingerprint density at radius 1 is 1.05 bits per heavy atom. The molecule has 1 amide bonds. The second kappa shape index (κ2) is 13.6. The van der Waals surface area contributed by atoms with Crippen LogP contribution in [0.4, 0.5) is 0 Å². The fourth-order valence-corrected chi connectivity index (χ4v) is 4.23. The Balaban J connectivity index is 1.49. The molecule has 0 aromatic heterocycles. The van der Waals surface area contributed by atoms with Crippen molar-refractivity contribution in [2.75, 3.05) is 19.8 Å². The zero-order chi connectivity index (χ0) is 26.6. The molecule has 0 saturated heterocycles. The van der Waals surface area contributed by atoms with Gasteiger partial charge in [0.2, 0.25) is 5.90 Å². The van der Waals surface area contributed by atoms with Gasteiger partial charge >= 0.3 is 0 Å². The lowest BCUT2D eigenvalue weighted by molar-refractivity contribution is -0.129. The third-order valence-electron chi connectivity index (χ3n) is 6.45. The molecule has 0 bridgehead atoms. The van der Waals surface area contributed by atoms with Crippen molar-refractivity contribution in [3.05, 3.63) is 108 Å². The quantitative estimate of drug-likeness (QED) is 0.234. The summed E-state index contributed by atoms with van der Waals surface area (Å²) in [6.45, 7) is 3.00. The van der Waals surface area contributed by atoms with Gasteiger partial charge in [-0.15, -0.1) is 0 Å². The fraction of sp³-hybridized carbons (Fsp3) is 0.290. The first-order chi connectivity index (χ1) is 18.6. The van der Waals surface area contributed by atoms with Gasteiger partial charge in [0.05, 0.1) is 6.61 Å². The molecular weight excluding hydrogens is 478 g/mol. The molecule has 3 N–H and O–H groups in total. The van der Waals surface area contributed by atoms with E-state index in [0.717, 1.165) is 17.5 Å². The molecule has 2 atom stereocenters. The number of nitrogens with zero attached hydrogens (tertiary/aromatic N) is 1. The molecule has 4 rings (SSSR count). The summed E-state index contributed by atoms with van der Waals surface area (Å²) < 4.78 is 11.8. The standard InChI is InChI=1S/C31H35N3O4/c1-24-31(20-8-14-25-10-4-2-5-11-25,30(36)34-32-21-19-26-12-6-3-7-13-26)33-29(38-24)27-15-17-28(18-16-27)37-23-9-22-35/h2-8,10-18,24,32,35H,9,19-23H2,1H3,(H,34,36)/b14-8+/t24-,31-/m0/s1. The van der Waals surface area contributed by atoms with Crippen LogP contribution < -0.4 is 15.6 Å². The van der Waals surface area contributed by atoms with E-state index in [0.29, 0.717) is 37.6 Å². The van der Waals surface area contributed by atoms with Gasteiger partial charge in [0.25, 0.3) is 5.91 Å². The van der Waals surface area contributed by atoms with E-state index in [2.05, 4.69) is 23.0 Å². The van der Waals surface area contributed by atoms with Crippen LogP contribution in [-0.2, 0) is 16.0 Å². The number of hydrazine groups is 1. The summed E-state index contributed by atoms with van der Waals surface area (Å²) in [5.74, 6) is 0.882. The number of carbonyl (C=O) groups is 1. The van der Waals surface area contributed by atoms with E-state index in [-0.39, 0.29) is 12.5 Å². The van der Waals surface area contributed by atoms with Crippen molar-refractivity contribution < 1.29 is 19.4 Å². The van der Waals surface area contributed by atoms with Crippen molar-refractivity contribution >= 4 is 17.9 Å². The maximum atomic E-state index is 13.6. The number of carbonyl (C=O) groups excluding carboxylic acids is 1. The van der Waals surface area contributed by atoms with Crippen molar-refractivity contribution in [3.8, 4) is 5.75 Å². The lowest BCUT2D eigenvalue weighted by Gasteiger charge is -2.27. The number of hydrogen-bond acceptors (Lipinski definition) is 6. The summed E-state index contributed by atoms with van der Waals surface area (Å²) in [6, 6.07) is 27.5. The average Bonchev–Trinajstić information content (AvgIpc) is 3.29. The number of amides is 1. The molecule has 0 aliphatic carbocycles. The van der Waals surface area contributed by atoms with Crippen molar-refractivity contribution in [1.82, 2.24) is 10.9 Å². The summed E-state index contributed by atoms with van der Waals surface area (Å²) in [7, 11) is 0. The summed E-state index contributed by atoms with van der Waals surface area (Å²) >= 11 is 0. The number of aliphatic hydroxyl groups excluding tert-OH is 1. The predicted molar refractivity (Wildman–Crippen MR) is 150 cm³/mol. The normalized spacial score (nSPS) is 18.7. The Hall–Kier alpha value is -3.94. The molecule has 1 aliphatic heterocycles. The Labute approximate surface area is 224 Å². The molecular formula is C31H35N3O4. The average molecular weight is 514 g/mol. The highest BCUT2D eigenvalue weighted by atomic mass is 16.5. The smallest absolute Gasteiger partial charge is 0.266 e. The van der Waals surface area contributed by atoms with Gasteiger partial charge in [-0.25, -0.2) is 10.4 Å². The summed E-state index contributed by atoms with van der Waals surface area (Å²) in [4.78, 5) is 18.4. The lowest BCUT2D eigenvalue weighted by Crippen LogP contribution is -2.54. The van der Waals surface area contributed by atoms with E-state index in [1.165, 1.54) is 5.56 Å². The van der Waals surface area contributed by atoms with E-state index in [1.54, 1.807) is 0 Å². The summed E-state index contributed by atoms with van der Waals surface area (Å²) in [6.07, 6.45) is 5.23. The highest BCUT2D eigenvalue weighted by Gasteiger charge is 2.49. The minimum Gasteiger partial charge on any atom is -0.494 e. The molecule has 3 aromatic carbocycles. The van der Waals surface area contributed by atoms with Gasteiger partial charge in [-0.1, -0.05) is 72.8 Å². The summed E-state index contributed by atoms with van der Waals surface area (Å²) in [5, 5.41) is 8.94. The third-order valence-corrected chi connectivity index (χ3v) is 6.45. The van der Waals surface area contributed by atoms with Crippen molar-refractivity contribution in [1.29, 1.82) is 0 Å². The molecule has 3 aromatic rings. The van der Waals surface area contributed by atoms with E-state index in [1.807, 2.05) is 91.9 Å². The molecule has 38 heavy (non-hydrogen) atoms. The number of nitrogens with one attached hydrogen (secondary N) is 2. The van der Waals surface area contributed by atoms with Gasteiger partial charge in [-0.05, 0) is 48.7 Å². The monoisotopic (exact) mass is 513 g/mol. The molecule has 0 spiro atoms. The van der Waals surface area contributed by atoms with Crippen LogP contribution in [0.15, 0.2) is 96.0 Å². The number of aliphatic imine (C=N–C) groups is 1. The minimum atomic E-state index is -1.13. The topological polar surface area (TPSA) is 92.2 Å². The molecule has 0 unspecified atom stereocenters. The number of ether oxygens (including phenoxy) is 2. The van der Waals surface area contributed by atoms with Gasteiger partial charge in [0.1, 0.15) is 11.9 Å². The van der Waals surface area contributed by atoms with Crippen LogP contribution in [0.2, 0.25) is 0 Å².